The summed E-state index contributed by atoms with van der Waals surface area (Å²) in [6, 6.07) is 6.94. The van der Waals surface area contributed by atoms with Gasteiger partial charge in [0.1, 0.15) is 17.3 Å². The Morgan fingerprint density at radius 1 is 1.39 bits per heavy atom. The van der Waals surface area contributed by atoms with E-state index in [2.05, 4.69) is 5.32 Å². The van der Waals surface area contributed by atoms with E-state index in [9.17, 15) is 14.5 Å². The molecule has 0 unspecified atom stereocenters. The van der Waals surface area contributed by atoms with Crippen LogP contribution < -0.4 is 5.32 Å². The molecule has 0 amide bonds. The molecule has 0 radical (unpaired) electrons. The zero-order valence-electron chi connectivity index (χ0n) is 9.02. The molecule has 0 aliphatic carbocycles. The maximum Gasteiger partial charge on any atom is 0.295 e. The van der Waals surface area contributed by atoms with Crippen LogP contribution in [0, 0.1) is 19.7 Å². The maximum atomic E-state index is 12.9. The first-order valence-corrected chi connectivity index (χ1v) is 6.06. The second kappa shape index (κ2) is 5.34. The summed E-state index contributed by atoms with van der Waals surface area (Å²) in [6.45, 7) is 0.301. The van der Waals surface area contributed by atoms with Crippen molar-refractivity contribution < 1.29 is 13.7 Å². The second-order valence-electron chi connectivity index (χ2n) is 3.48. The average molecular weight is 362 g/mol. The normalized spacial score (nSPS) is 10.3. The number of anilines is 1. The fraction of sp³-hybridized carbons (Fsp3) is 0.0909. The van der Waals surface area contributed by atoms with Gasteiger partial charge >= 0.3 is 0 Å². The standard InChI is InChI=1S/C11H8FIN2O3/c12-7-1-3-9(10(5-7)15(16)17)14-6-8-2-4-11(13)18-8/h1-5,14H,6H2. The Morgan fingerprint density at radius 2 is 2.17 bits per heavy atom. The lowest BCUT2D eigenvalue weighted by molar-refractivity contribution is -0.384. The zero-order chi connectivity index (χ0) is 13.1. The molecule has 7 heteroatoms. The third-order valence-corrected chi connectivity index (χ3v) is 2.82. The minimum absolute atomic E-state index is 0.257. The largest absolute Gasteiger partial charge is 0.454 e. The van der Waals surface area contributed by atoms with Crippen LogP contribution >= 0.6 is 22.6 Å². The molecule has 2 rings (SSSR count). The van der Waals surface area contributed by atoms with Gasteiger partial charge in [0.2, 0.25) is 0 Å². The quantitative estimate of drug-likeness (QED) is 0.513. The van der Waals surface area contributed by atoms with Crippen molar-refractivity contribution in [3.63, 3.8) is 0 Å². The number of rotatable bonds is 4. The first-order chi connectivity index (χ1) is 8.56. The molecule has 0 saturated heterocycles. The number of halogens is 2. The fourth-order valence-electron chi connectivity index (χ4n) is 1.43. The van der Waals surface area contributed by atoms with Crippen LogP contribution in [0.5, 0.6) is 0 Å². The highest BCUT2D eigenvalue weighted by molar-refractivity contribution is 14.1. The van der Waals surface area contributed by atoms with Gasteiger partial charge in [0.15, 0.2) is 3.77 Å². The highest BCUT2D eigenvalue weighted by Gasteiger charge is 2.14. The number of benzene rings is 1. The van der Waals surface area contributed by atoms with Crippen molar-refractivity contribution in [2.45, 2.75) is 6.54 Å². The van der Waals surface area contributed by atoms with Crippen LogP contribution in [-0.2, 0) is 6.54 Å². The van der Waals surface area contributed by atoms with Gasteiger partial charge in [0.05, 0.1) is 17.5 Å². The van der Waals surface area contributed by atoms with Gasteiger partial charge in [-0.15, -0.1) is 0 Å². The molecule has 1 aromatic heterocycles. The summed E-state index contributed by atoms with van der Waals surface area (Å²) in [4.78, 5) is 10.1. The van der Waals surface area contributed by atoms with Crippen molar-refractivity contribution in [2.24, 2.45) is 0 Å². The Bertz CT molecular complexity index is 585. The van der Waals surface area contributed by atoms with Gasteiger partial charge in [-0.25, -0.2) is 4.39 Å². The molecule has 0 aliphatic heterocycles. The Balaban J connectivity index is 2.16. The van der Waals surface area contributed by atoms with Gasteiger partial charge in [0.25, 0.3) is 5.69 Å². The number of nitrogens with zero attached hydrogens (tertiary/aromatic N) is 1. The van der Waals surface area contributed by atoms with Crippen molar-refractivity contribution in [2.75, 3.05) is 5.32 Å². The van der Waals surface area contributed by atoms with Crippen LogP contribution in [0.4, 0.5) is 15.8 Å². The predicted octanol–water partition coefficient (Wildman–Crippen LogP) is 3.54. The molecule has 0 fully saturated rings. The summed E-state index contributed by atoms with van der Waals surface area (Å²) >= 11 is 2.02. The molecule has 1 N–H and O–H groups in total. The Hall–Kier alpha value is -1.64. The Kier molecular flexibility index (Phi) is 3.80. The molecule has 0 bridgehead atoms. The smallest absolute Gasteiger partial charge is 0.295 e. The minimum atomic E-state index is -0.639. The molecule has 0 atom stereocenters. The zero-order valence-corrected chi connectivity index (χ0v) is 11.2. The summed E-state index contributed by atoms with van der Waals surface area (Å²) in [5.41, 5.74) is -0.0379. The molecule has 1 aromatic carbocycles. The molecular weight excluding hydrogens is 354 g/mol. The molecule has 0 spiro atoms. The number of nitro groups is 1. The Morgan fingerprint density at radius 3 is 2.78 bits per heavy atom. The van der Waals surface area contributed by atoms with E-state index >= 15 is 0 Å². The van der Waals surface area contributed by atoms with Crippen LogP contribution in [0.15, 0.2) is 34.7 Å². The number of furan rings is 1. The average Bonchev–Trinajstić information content (AvgIpc) is 2.73. The molecule has 94 valence electrons. The second-order valence-corrected chi connectivity index (χ2v) is 4.54. The van der Waals surface area contributed by atoms with Crippen molar-refractivity contribution in [1.82, 2.24) is 0 Å². The topological polar surface area (TPSA) is 68.3 Å². The van der Waals surface area contributed by atoms with Gasteiger partial charge in [0, 0.05) is 0 Å². The van der Waals surface area contributed by atoms with Gasteiger partial charge in [-0.1, -0.05) is 0 Å². The van der Waals surface area contributed by atoms with Crippen molar-refractivity contribution in [3.05, 3.63) is 55.8 Å². The van der Waals surface area contributed by atoms with Crippen molar-refractivity contribution in [1.29, 1.82) is 0 Å². The van der Waals surface area contributed by atoms with Crippen LogP contribution in [-0.4, -0.2) is 4.92 Å². The number of hydrogen-bond donors (Lipinski definition) is 1. The third-order valence-electron chi connectivity index (χ3n) is 2.24. The first-order valence-electron chi connectivity index (χ1n) is 4.98. The molecule has 18 heavy (non-hydrogen) atoms. The summed E-state index contributed by atoms with van der Waals surface area (Å²) < 4.78 is 19.0. The lowest BCUT2D eigenvalue weighted by Gasteiger charge is -2.05. The maximum absolute atomic E-state index is 12.9. The van der Waals surface area contributed by atoms with E-state index in [1.807, 2.05) is 22.6 Å². The summed E-state index contributed by atoms with van der Waals surface area (Å²) in [5.74, 6) is 0.0119. The lowest BCUT2D eigenvalue weighted by atomic mass is 10.2. The van der Waals surface area contributed by atoms with E-state index in [1.54, 1.807) is 12.1 Å². The van der Waals surface area contributed by atoms with E-state index in [-0.39, 0.29) is 11.4 Å². The number of nitro benzene ring substituents is 1. The molecule has 5 nitrogen and oxygen atoms in total. The highest BCUT2D eigenvalue weighted by Crippen LogP contribution is 2.25. The fourth-order valence-corrected chi connectivity index (χ4v) is 1.90. The number of nitrogens with one attached hydrogen (secondary N) is 1. The van der Waals surface area contributed by atoms with Crippen molar-refractivity contribution in [3.8, 4) is 0 Å². The molecule has 0 aliphatic rings. The highest BCUT2D eigenvalue weighted by atomic mass is 127. The van der Waals surface area contributed by atoms with Crippen LogP contribution in [0.1, 0.15) is 5.76 Å². The number of hydrogen-bond acceptors (Lipinski definition) is 4. The third kappa shape index (κ3) is 2.97. The monoisotopic (exact) mass is 362 g/mol. The summed E-state index contributed by atoms with van der Waals surface area (Å²) in [6.07, 6.45) is 0. The molecule has 2 aromatic rings. The minimum Gasteiger partial charge on any atom is -0.454 e. The summed E-state index contributed by atoms with van der Waals surface area (Å²) in [5, 5.41) is 13.6. The molecule has 1 heterocycles. The van der Waals surface area contributed by atoms with E-state index in [0.29, 0.717) is 12.3 Å². The van der Waals surface area contributed by atoms with E-state index in [4.69, 9.17) is 4.42 Å². The SMILES string of the molecule is O=[N+]([O-])c1cc(F)ccc1NCc1ccc(I)o1. The van der Waals surface area contributed by atoms with E-state index in [0.717, 1.165) is 9.83 Å². The first kappa shape index (κ1) is 12.8. The van der Waals surface area contributed by atoms with Gasteiger partial charge in [-0.2, -0.15) is 0 Å². The Labute approximate surface area is 115 Å². The summed E-state index contributed by atoms with van der Waals surface area (Å²) in [7, 11) is 0. The van der Waals surface area contributed by atoms with Gasteiger partial charge in [-0.05, 0) is 46.9 Å². The lowest BCUT2D eigenvalue weighted by Crippen LogP contribution is -2.02. The van der Waals surface area contributed by atoms with E-state index in [1.165, 1.54) is 12.1 Å². The van der Waals surface area contributed by atoms with Crippen LogP contribution in [0.25, 0.3) is 0 Å². The van der Waals surface area contributed by atoms with Crippen LogP contribution in [0.2, 0.25) is 0 Å². The molecular formula is C11H8FIN2O3. The van der Waals surface area contributed by atoms with Crippen LogP contribution in [0.3, 0.4) is 0 Å². The predicted molar refractivity (Wildman–Crippen MR) is 71.8 cm³/mol. The molecule has 0 saturated carbocycles. The van der Waals surface area contributed by atoms with Crippen molar-refractivity contribution >= 4 is 34.0 Å². The van der Waals surface area contributed by atoms with Gasteiger partial charge < -0.3 is 9.73 Å². The van der Waals surface area contributed by atoms with Gasteiger partial charge in [-0.3, -0.25) is 10.1 Å². The van der Waals surface area contributed by atoms with E-state index < -0.39 is 10.7 Å².